The Morgan fingerprint density at radius 2 is 1.82 bits per heavy atom. The molecule has 2 heterocycles. The molecule has 0 saturated heterocycles. The Balaban J connectivity index is 1.56. The molecule has 166 valence electrons. The highest BCUT2D eigenvalue weighted by Gasteiger charge is 2.40. The molecule has 5 rings (SSSR count). The number of aryl methyl sites for hydroxylation is 1. The fourth-order valence-corrected chi connectivity index (χ4v) is 5.01. The van der Waals surface area contributed by atoms with Crippen LogP contribution in [0.1, 0.15) is 33.2 Å². The predicted molar refractivity (Wildman–Crippen MR) is 130 cm³/mol. The lowest BCUT2D eigenvalue weighted by Crippen LogP contribution is -2.36. The zero-order chi connectivity index (χ0) is 23.3. The van der Waals surface area contributed by atoms with E-state index in [1.165, 1.54) is 12.1 Å². The van der Waals surface area contributed by atoms with E-state index in [1.807, 2.05) is 56.4 Å². The minimum absolute atomic E-state index is 0.0743. The Morgan fingerprint density at radius 3 is 2.61 bits per heavy atom. The van der Waals surface area contributed by atoms with Gasteiger partial charge in [-0.05, 0) is 42.8 Å². The average Bonchev–Trinajstić information content (AvgIpc) is 3.21. The van der Waals surface area contributed by atoms with Gasteiger partial charge in [-0.2, -0.15) is 0 Å². The third kappa shape index (κ3) is 3.53. The van der Waals surface area contributed by atoms with Crippen molar-refractivity contribution in [3.05, 3.63) is 99.4 Å². The van der Waals surface area contributed by atoms with Crippen molar-refractivity contribution < 1.29 is 14.0 Å². The number of fused-ring (bicyclic) bond motifs is 2. The van der Waals surface area contributed by atoms with E-state index in [4.69, 9.17) is 0 Å². The SMILES string of the molecule is Cc1c(C2c3ccccc3C(=O)N2CC(=O)Nc2ccc(Br)cc2F)c2ccccc2n1C. The molecule has 1 aliphatic rings. The number of rotatable bonds is 4. The first kappa shape index (κ1) is 21.4. The van der Waals surface area contributed by atoms with Gasteiger partial charge in [0.15, 0.2) is 0 Å². The molecule has 7 heteroatoms. The summed E-state index contributed by atoms with van der Waals surface area (Å²) in [6.45, 7) is 1.83. The summed E-state index contributed by atoms with van der Waals surface area (Å²) in [4.78, 5) is 27.9. The van der Waals surface area contributed by atoms with Crippen molar-refractivity contribution in [2.45, 2.75) is 13.0 Å². The molecule has 0 fully saturated rings. The van der Waals surface area contributed by atoms with E-state index in [-0.39, 0.29) is 18.1 Å². The number of para-hydroxylation sites is 1. The summed E-state index contributed by atoms with van der Waals surface area (Å²) in [5.74, 6) is -1.22. The molecule has 1 unspecified atom stereocenters. The van der Waals surface area contributed by atoms with E-state index in [2.05, 4.69) is 25.8 Å². The van der Waals surface area contributed by atoms with Gasteiger partial charge in [0.2, 0.25) is 5.91 Å². The first-order valence-electron chi connectivity index (χ1n) is 10.6. The van der Waals surface area contributed by atoms with Gasteiger partial charge in [0.25, 0.3) is 5.91 Å². The normalized spacial score (nSPS) is 15.2. The molecule has 33 heavy (non-hydrogen) atoms. The molecule has 4 aromatic rings. The summed E-state index contributed by atoms with van der Waals surface area (Å²) in [7, 11) is 2.00. The van der Waals surface area contributed by atoms with Crippen molar-refractivity contribution in [3.8, 4) is 0 Å². The Kier molecular flexibility index (Phi) is 5.29. The van der Waals surface area contributed by atoms with Crippen molar-refractivity contribution in [3.63, 3.8) is 0 Å². The first-order valence-corrected chi connectivity index (χ1v) is 11.3. The molecule has 5 nitrogen and oxygen atoms in total. The van der Waals surface area contributed by atoms with Crippen LogP contribution < -0.4 is 5.32 Å². The van der Waals surface area contributed by atoms with Crippen LogP contribution in [0.2, 0.25) is 0 Å². The van der Waals surface area contributed by atoms with E-state index < -0.39 is 17.8 Å². The van der Waals surface area contributed by atoms with Gasteiger partial charge in [-0.3, -0.25) is 9.59 Å². The largest absolute Gasteiger partial charge is 0.348 e. The number of carbonyl (C=O) groups is 2. The molecule has 0 bridgehead atoms. The van der Waals surface area contributed by atoms with Gasteiger partial charge in [0.05, 0.1) is 11.7 Å². The third-order valence-corrected chi connectivity index (χ3v) is 6.79. The number of anilines is 1. The van der Waals surface area contributed by atoms with E-state index in [0.717, 1.165) is 27.7 Å². The summed E-state index contributed by atoms with van der Waals surface area (Å²) in [5.41, 5.74) is 4.60. The topological polar surface area (TPSA) is 54.3 Å². The van der Waals surface area contributed by atoms with Crippen LogP contribution in [0.5, 0.6) is 0 Å². The molecule has 1 aromatic heterocycles. The van der Waals surface area contributed by atoms with Crippen LogP contribution >= 0.6 is 15.9 Å². The summed E-state index contributed by atoms with van der Waals surface area (Å²) >= 11 is 3.21. The van der Waals surface area contributed by atoms with Gasteiger partial charge in [-0.15, -0.1) is 0 Å². The number of aromatic nitrogens is 1. The highest BCUT2D eigenvalue weighted by molar-refractivity contribution is 9.10. The first-order chi connectivity index (χ1) is 15.9. The lowest BCUT2D eigenvalue weighted by molar-refractivity contribution is -0.117. The maximum absolute atomic E-state index is 14.3. The zero-order valence-electron chi connectivity index (χ0n) is 18.1. The highest BCUT2D eigenvalue weighted by Crippen LogP contribution is 2.43. The molecular weight excluding hydrogens is 485 g/mol. The van der Waals surface area contributed by atoms with Gasteiger partial charge in [-0.25, -0.2) is 4.39 Å². The van der Waals surface area contributed by atoms with E-state index in [0.29, 0.717) is 10.0 Å². The predicted octanol–water partition coefficient (Wildman–Crippen LogP) is 5.57. The molecule has 0 radical (unpaired) electrons. The number of nitrogens with zero attached hydrogens (tertiary/aromatic N) is 2. The van der Waals surface area contributed by atoms with Crippen LogP contribution in [-0.2, 0) is 11.8 Å². The van der Waals surface area contributed by atoms with E-state index >= 15 is 0 Å². The van der Waals surface area contributed by atoms with Crippen molar-refractivity contribution in [2.24, 2.45) is 7.05 Å². The fourth-order valence-electron chi connectivity index (χ4n) is 4.68. The van der Waals surface area contributed by atoms with Gasteiger partial charge < -0.3 is 14.8 Å². The maximum Gasteiger partial charge on any atom is 0.255 e. The molecule has 3 aromatic carbocycles. The van der Waals surface area contributed by atoms with Crippen LogP contribution in [0.3, 0.4) is 0 Å². The number of nitrogens with one attached hydrogen (secondary N) is 1. The molecule has 0 aliphatic carbocycles. The van der Waals surface area contributed by atoms with Gasteiger partial charge in [0.1, 0.15) is 12.4 Å². The lowest BCUT2D eigenvalue weighted by atomic mass is 9.95. The Labute approximate surface area is 198 Å². The van der Waals surface area contributed by atoms with Crippen LogP contribution in [0.4, 0.5) is 10.1 Å². The lowest BCUT2D eigenvalue weighted by Gasteiger charge is -2.26. The maximum atomic E-state index is 14.3. The van der Waals surface area contributed by atoms with E-state index in [9.17, 15) is 14.0 Å². The number of hydrogen-bond acceptors (Lipinski definition) is 2. The second-order valence-electron chi connectivity index (χ2n) is 8.17. The van der Waals surface area contributed by atoms with E-state index in [1.54, 1.807) is 17.0 Å². The van der Waals surface area contributed by atoms with Crippen LogP contribution in [0.15, 0.2) is 71.2 Å². The number of amides is 2. The highest BCUT2D eigenvalue weighted by atomic mass is 79.9. The molecular formula is C26H21BrFN3O2. The monoisotopic (exact) mass is 505 g/mol. The van der Waals surface area contributed by atoms with Gasteiger partial charge in [-0.1, -0.05) is 52.3 Å². The standard InChI is InChI=1S/C26H21BrFN3O2/c1-15-24(19-9-5-6-10-22(19)30(15)2)25-17-7-3-4-8-18(17)26(33)31(25)14-23(32)29-21-12-11-16(27)13-20(21)28/h3-13,25H,14H2,1-2H3,(H,29,32). The van der Waals surface area contributed by atoms with Gasteiger partial charge in [0, 0.05) is 39.2 Å². The second kappa shape index (κ2) is 8.15. The number of carbonyl (C=O) groups excluding carboxylic acids is 2. The zero-order valence-corrected chi connectivity index (χ0v) is 19.7. The Hall–Kier alpha value is -3.45. The van der Waals surface area contributed by atoms with Crippen molar-refractivity contribution in [1.82, 2.24) is 9.47 Å². The molecule has 2 amide bonds. The number of halogens is 2. The molecule has 0 saturated carbocycles. The second-order valence-corrected chi connectivity index (χ2v) is 9.09. The Morgan fingerprint density at radius 1 is 1.09 bits per heavy atom. The summed E-state index contributed by atoms with van der Waals surface area (Å²) in [6, 6.07) is 19.5. The fraction of sp³-hybridized carbons (Fsp3) is 0.154. The van der Waals surface area contributed by atoms with Gasteiger partial charge >= 0.3 is 0 Å². The number of benzene rings is 3. The average molecular weight is 506 g/mol. The summed E-state index contributed by atoms with van der Waals surface area (Å²) < 4.78 is 16.9. The van der Waals surface area contributed by atoms with Crippen molar-refractivity contribution in [2.75, 3.05) is 11.9 Å². The molecule has 0 spiro atoms. The van der Waals surface area contributed by atoms with Crippen LogP contribution in [-0.4, -0.2) is 27.8 Å². The molecule has 1 atom stereocenters. The quantitative estimate of drug-likeness (QED) is 0.394. The van der Waals surface area contributed by atoms with Crippen molar-refractivity contribution >= 4 is 44.3 Å². The van der Waals surface area contributed by atoms with Crippen molar-refractivity contribution in [1.29, 1.82) is 0 Å². The smallest absolute Gasteiger partial charge is 0.255 e. The third-order valence-electron chi connectivity index (χ3n) is 6.30. The summed E-state index contributed by atoms with van der Waals surface area (Å²) in [5, 5.41) is 3.65. The Bertz CT molecular complexity index is 1430. The summed E-state index contributed by atoms with van der Waals surface area (Å²) in [6.07, 6.45) is 0. The minimum Gasteiger partial charge on any atom is -0.348 e. The number of hydrogen-bond donors (Lipinski definition) is 1. The minimum atomic E-state index is -0.546. The van der Waals surface area contributed by atoms with Crippen LogP contribution in [0, 0.1) is 12.7 Å². The molecule has 1 aliphatic heterocycles. The molecule has 1 N–H and O–H groups in total. The van der Waals surface area contributed by atoms with Crippen LogP contribution in [0.25, 0.3) is 10.9 Å².